The van der Waals surface area contributed by atoms with E-state index < -0.39 is 0 Å². The molecule has 3 heteroatoms. The smallest absolute Gasteiger partial charge is 0.131 e. The lowest BCUT2D eigenvalue weighted by Gasteiger charge is -2.35. The Kier molecular flexibility index (Phi) is 3.67. The van der Waals surface area contributed by atoms with Crippen molar-refractivity contribution >= 4 is 0 Å². The molecular weight excluding hydrogens is 217 g/mol. The fourth-order valence-electron chi connectivity index (χ4n) is 2.47. The molecule has 0 aliphatic heterocycles. The largest absolute Gasteiger partial charge is 0.497 e. The maximum absolute atomic E-state index is 13.8. The molecular formula is C14H20FNO. The van der Waals surface area contributed by atoms with Crippen molar-refractivity contribution in [3.8, 4) is 5.75 Å². The quantitative estimate of drug-likeness (QED) is 0.867. The van der Waals surface area contributed by atoms with Crippen LogP contribution < -0.4 is 10.1 Å². The normalized spacial score (nSPS) is 25.2. The van der Waals surface area contributed by atoms with Gasteiger partial charge < -0.3 is 10.1 Å². The van der Waals surface area contributed by atoms with Crippen LogP contribution in [0.3, 0.4) is 0 Å². The van der Waals surface area contributed by atoms with E-state index in [9.17, 15) is 4.39 Å². The number of rotatable bonds is 4. The highest BCUT2D eigenvalue weighted by Crippen LogP contribution is 2.29. The van der Waals surface area contributed by atoms with E-state index >= 15 is 0 Å². The van der Waals surface area contributed by atoms with Gasteiger partial charge in [0.15, 0.2) is 0 Å². The van der Waals surface area contributed by atoms with Crippen LogP contribution in [-0.2, 0) is 0 Å². The first-order chi connectivity index (χ1) is 8.10. The van der Waals surface area contributed by atoms with Crippen LogP contribution in [0.15, 0.2) is 18.2 Å². The van der Waals surface area contributed by atoms with E-state index in [1.165, 1.54) is 18.9 Å². The minimum atomic E-state index is -0.197. The molecule has 1 unspecified atom stereocenters. The highest BCUT2D eigenvalue weighted by molar-refractivity contribution is 5.30. The molecule has 0 heterocycles. The predicted octanol–water partition coefficient (Wildman–Crippen LogP) is 3.28. The lowest BCUT2D eigenvalue weighted by molar-refractivity contribution is 0.225. The van der Waals surface area contributed by atoms with E-state index in [4.69, 9.17) is 4.74 Å². The predicted molar refractivity (Wildman–Crippen MR) is 66.7 cm³/mol. The molecule has 1 aromatic rings. The van der Waals surface area contributed by atoms with Crippen molar-refractivity contribution in [3.05, 3.63) is 29.6 Å². The Morgan fingerprint density at radius 1 is 1.41 bits per heavy atom. The summed E-state index contributed by atoms with van der Waals surface area (Å²) in [6.45, 7) is 4.25. The molecule has 1 aromatic carbocycles. The lowest BCUT2D eigenvalue weighted by atomic mass is 9.81. The molecule has 0 radical (unpaired) electrons. The summed E-state index contributed by atoms with van der Waals surface area (Å²) < 4.78 is 18.8. The van der Waals surface area contributed by atoms with Crippen LogP contribution in [0.25, 0.3) is 0 Å². The number of nitrogens with one attached hydrogen (secondary N) is 1. The second-order valence-corrected chi connectivity index (χ2v) is 5.05. The molecule has 2 rings (SSSR count). The van der Waals surface area contributed by atoms with Crippen LogP contribution in [0.4, 0.5) is 4.39 Å². The van der Waals surface area contributed by atoms with Gasteiger partial charge in [0.05, 0.1) is 7.11 Å². The second kappa shape index (κ2) is 5.05. The summed E-state index contributed by atoms with van der Waals surface area (Å²) >= 11 is 0. The number of ether oxygens (including phenoxy) is 1. The van der Waals surface area contributed by atoms with Gasteiger partial charge in [0.2, 0.25) is 0 Å². The third-order valence-corrected chi connectivity index (χ3v) is 3.53. The molecule has 0 amide bonds. The van der Waals surface area contributed by atoms with Gasteiger partial charge in [0, 0.05) is 23.7 Å². The van der Waals surface area contributed by atoms with Crippen LogP contribution in [0.2, 0.25) is 0 Å². The summed E-state index contributed by atoms with van der Waals surface area (Å²) in [6, 6.07) is 5.64. The Hall–Kier alpha value is -1.09. The minimum absolute atomic E-state index is 0.0541. The standard InChI is InChI=1S/C14H20FNO/c1-9-6-11(7-9)16-10(2)13-5-4-12(17-3)8-14(13)15/h4-5,8-11,16H,6-7H2,1-3H3. The van der Waals surface area contributed by atoms with Crippen molar-refractivity contribution in [3.63, 3.8) is 0 Å². The molecule has 1 fully saturated rings. The van der Waals surface area contributed by atoms with Gasteiger partial charge in [-0.05, 0) is 31.7 Å². The molecule has 1 N–H and O–H groups in total. The summed E-state index contributed by atoms with van der Waals surface area (Å²) in [5.74, 6) is 1.17. The minimum Gasteiger partial charge on any atom is -0.497 e. The van der Waals surface area contributed by atoms with Crippen molar-refractivity contribution < 1.29 is 9.13 Å². The van der Waals surface area contributed by atoms with Crippen LogP contribution in [-0.4, -0.2) is 13.2 Å². The third kappa shape index (κ3) is 2.78. The fraction of sp³-hybridized carbons (Fsp3) is 0.571. The monoisotopic (exact) mass is 237 g/mol. The van der Waals surface area contributed by atoms with Gasteiger partial charge in [-0.25, -0.2) is 4.39 Å². The van der Waals surface area contributed by atoms with Gasteiger partial charge in [-0.1, -0.05) is 13.0 Å². The summed E-state index contributed by atoms with van der Waals surface area (Å²) in [5, 5.41) is 3.46. The molecule has 2 nitrogen and oxygen atoms in total. The SMILES string of the molecule is COc1ccc(C(C)NC2CC(C)C2)c(F)c1. The first-order valence-electron chi connectivity index (χ1n) is 6.19. The third-order valence-electron chi connectivity index (χ3n) is 3.53. The summed E-state index contributed by atoms with van der Waals surface area (Å²) in [5.41, 5.74) is 0.713. The van der Waals surface area contributed by atoms with Crippen molar-refractivity contribution in [1.29, 1.82) is 0 Å². The first kappa shape index (κ1) is 12.4. The Morgan fingerprint density at radius 2 is 2.12 bits per heavy atom. The number of hydrogen-bond acceptors (Lipinski definition) is 2. The topological polar surface area (TPSA) is 21.3 Å². The van der Waals surface area contributed by atoms with E-state index in [1.54, 1.807) is 19.2 Å². The molecule has 1 aliphatic carbocycles. The van der Waals surface area contributed by atoms with Gasteiger partial charge in [-0.15, -0.1) is 0 Å². The van der Waals surface area contributed by atoms with Gasteiger partial charge in [0.25, 0.3) is 0 Å². The van der Waals surface area contributed by atoms with Crippen molar-refractivity contribution in [1.82, 2.24) is 5.32 Å². The zero-order valence-electron chi connectivity index (χ0n) is 10.7. The van der Waals surface area contributed by atoms with Crippen LogP contribution >= 0.6 is 0 Å². The van der Waals surface area contributed by atoms with Gasteiger partial charge >= 0.3 is 0 Å². The summed E-state index contributed by atoms with van der Waals surface area (Å²) in [6.07, 6.45) is 2.39. The van der Waals surface area contributed by atoms with Crippen LogP contribution in [0.1, 0.15) is 38.3 Å². The fourth-order valence-corrected chi connectivity index (χ4v) is 2.47. The molecule has 0 spiro atoms. The molecule has 1 aliphatic rings. The highest BCUT2D eigenvalue weighted by Gasteiger charge is 2.27. The second-order valence-electron chi connectivity index (χ2n) is 5.05. The van der Waals surface area contributed by atoms with Crippen LogP contribution in [0, 0.1) is 11.7 Å². The first-order valence-corrected chi connectivity index (χ1v) is 6.19. The number of methoxy groups -OCH3 is 1. The maximum Gasteiger partial charge on any atom is 0.131 e. The Morgan fingerprint density at radius 3 is 2.65 bits per heavy atom. The van der Waals surface area contributed by atoms with Crippen LogP contribution in [0.5, 0.6) is 5.75 Å². The van der Waals surface area contributed by atoms with E-state index in [2.05, 4.69) is 12.2 Å². The van der Waals surface area contributed by atoms with Crippen molar-refractivity contribution in [2.45, 2.75) is 38.8 Å². The van der Waals surface area contributed by atoms with Gasteiger partial charge in [0.1, 0.15) is 11.6 Å². The molecule has 0 aromatic heterocycles. The van der Waals surface area contributed by atoms with Crippen molar-refractivity contribution in [2.24, 2.45) is 5.92 Å². The van der Waals surface area contributed by atoms with E-state index in [0.717, 1.165) is 5.92 Å². The summed E-state index contributed by atoms with van der Waals surface area (Å²) in [7, 11) is 1.55. The molecule has 0 saturated heterocycles. The van der Waals surface area contributed by atoms with E-state index in [0.29, 0.717) is 17.4 Å². The van der Waals surface area contributed by atoms with Gasteiger partial charge in [-0.2, -0.15) is 0 Å². The van der Waals surface area contributed by atoms with E-state index in [1.807, 2.05) is 6.92 Å². The average molecular weight is 237 g/mol. The Labute approximate surface area is 102 Å². The number of halogens is 1. The average Bonchev–Trinajstić information content (AvgIpc) is 2.26. The molecule has 1 saturated carbocycles. The Balaban J connectivity index is 2.01. The van der Waals surface area contributed by atoms with Crippen molar-refractivity contribution in [2.75, 3.05) is 7.11 Å². The molecule has 0 bridgehead atoms. The molecule has 94 valence electrons. The molecule has 1 atom stereocenters. The van der Waals surface area contributed by atoms with E-state index in [-0.39, 0.29) is 11.9 Å². The molecule has 17 heavy (non-hydrogen) atoms. The highest BCUT2D eigenvalue weighted by atomic mass is 19.1. The number of benzene rings is 1. The zero-order chi connectivity index (χ0) is 12.4. The zero-order valence-corrected chi connectivity index (χ0v) is 10.7. The summed E-state index contributed by atoms with van der Waals surface area (Å²) in [4.78, 5) is 0. The maximum atomic E-state index is 13.8. The number of hydrogen-bond donors (Lipinski definition) is 1. The van der Waals surface area contributed by atoms with Gasteiger partial charge in [-0.3, -0.25) is 0 Å². The Bertz CT molecular complexity index is 388. The lowest BCUT2D eigenvalue weighted by Crippen LogP contribution is -2.41.